The van der Waals surface area contributed by atoms with E-state index in [2.05, 4.69) is 31.3 Å². The van der Waals surface area contributed by atoms with E-state index in [1.807, 2.05) is 36.4 Å². The number of nitrogens with one attached hydrogen (secondary N) is 1. The van der Waals surface area contributed by atoms with E-state index in [-0.39, 0.29) is 23.9 Å². The molecule has 4 aliphatic rings. The first-order chi connectivity index (χ1) is 18.0. The number of amides is 1. The first kappa shape index (κ1) is 27.0. The molecule has 38 heavy (non-hydrogen) atoms. The average molecular weight is 539 g/mol. The molecular formula is C31H42N2O4S. The van der Waals surface area contributed by atoms with Crippen molar-refractivity contribution < 1.29 is 17.9 Å². The van der Waals surface area contributed by atoms with E-state index in [0.29, 0.717) is 11.6 Å². The lowest BCUT2D eigenvalue weighted by molar-refractivity contribution is -0.120. The van der Waals surface area contributed by atoms with Crippen LogP contribution in [0, 0.1) is 23.7 Å². The number of carbonyl (C=O) groups is 1. The number of benzene rings is 2. The third-order valence-electron chi connectivity index (χ3n) is 9.05. The van der Waals surface area contributed by atoms with E-state index in [1.165, 1.54) is 54.6 Å². The monoisotopic (exact) mass is 538 g/mol. The van der Waals surface area contributed by atoms with Crippen LogP contribution in [0.3, 0.4) is 0 Å². The Hall–Kier alpha value is -2.54. The summed E-state index contributed by atoms with van der Waals surface area (Å²) in [6, 6.07) is 15.5. The van der Waals surface area contributed by atoms with Gasteiger partial charge in [0.05, 0.1) is 25.1 Å². The number of hydrogen-bond donors (Lipinski definition) is 1. The molecule has 2 aromatic carbocycles. The van der Waals surface area contributed by atoms with Gasteiger partial charge < -0.3 is 10.1 Å². The highest BCUT2D eigenvalue weighted by atomic mass is 32.2. The molecule has 6 nitrogen and oxygen atoms in total. The van der Waals surface area contributed by atoms with E-state index in [0.717, 1.165) is 35.5 Å². The summed E-state index contributed by atoms with van der Waals surface area (Å²) in [5.74, 6) is 3.33. The Morgan fingerprint density at radius 3 is 2.00 bits per heavy atom. The number of nitrogens with zero attached hydrogens (tertiary/aromatic N) is 1. The summed E-state index contributed by atoms with van der Waals surface area (Å²) in [6.45, 7) is 3.97. The second kappa shape index (κ2) is 10.6. The molecule has 1 atom stereocenters. The minimum atomic E-state index is -3.65. The fourth-order valence-electron chi connectivity index (χ4n) is 7.80. The summed E-state index contributed by atoms with van der Waals surface area (Å²) in [4.78, 5) is 13.2. The van der Waals surface area contributed by atoms with Gasteiger partial charge in [-0.1, -0.05) is 38.1 Å². The fraction of sp³-hybridized carbons (Fsp3) is 0.581. The molecule has 0 heterocycles. The first-order valence-corrected chi connectivity index (χ1v) is 15.9. The lowest BCUT2D eigenvalue weighted by Gasteiger charge is -2.57. The SMILES string of the molecule is COc1ccc([C@H](CC(C)C)NC(=O)CN(c2ccc(C34CC5CC(CC(C5)C3)C4)cc2)S(C)(=O)=O)cc1. The molecule has 0 unspecified atom stereocenters. The summed E-state index contributed by atoms with van der Waals surface area (Å²) in [5.41, 5.74) is 3.11. The molecular weight excluding hydrogens is 496 g/mol. The molecule has 0 radical (unpaired) electrons. The van der Waals surface area contributed by atoms with Gasteiger partial charge in [0.15, 0.2) is 0 Å². The summed E-state index contributed by atoms with van der Waals surface area (Å²) in [6.07, 6.45) is 9.88. The molecule has 4 fully saturated rings. The lowest BCUT2D eigenvalue weighted by Crippen LogP contribution is -2.48. The molecule has 0 aliphatic heterocycles. The minimum absolute atomic E-state index is 0.215. The van der Waals surface area contributed by atoms with Crippen LogP contribution in [0.15, 0.2) is 48.5 Å². The largest absolute Gasteiger partial charge is 0.497 e. The summed E-state index contributed by atoms with van der Waals surface area (Å²) < 4.78 is 32.1. The van der Waals surface area contributed by atoms with E-state index < -0.39 is 10.0 Å². The van der Waals surface area contributed by atoms with E-state index in [9.17, 15) is 13.2 Å². The third-order valence-corrected chi connectivity index (χ3v) is 10.2. The van der Waals surface area contributed by atoms with Gasteiger partial charge in [0, 0.05) is 0 Å². The van der Waals surface area contributed by atoms with Crippen LogP contribution in [-0.4, -0.2) is 34.2 Å². The van der Waals surface area contributed by atoms with Crippen molar-refractivity contribution in [2.45, 2.75) is 70.3 Å². The van der Waals surface area contributed by atoms with Gasteiger partial charge in [-0.05, 0) is 109 Å². The maximum absolute atomic E-state index is 13.2. The number of ether oxygens (including phenoxy) is 1. The molecule has 4 bridgehead atoms. The van der Waals surface area contributed by atoms with Gasteiger partial charge in [-0.15, -0.1) is 0 Å². The van der Waals surface area contributed by atoms with Crippen molar-refractivity contribution in [1.29, 1.82) is 0 Å². The predicted molar refractivity (Wildman–Crippen MR) is 152 cm³/mol. The highest BCUT2D eigenvalue weighted by Gasteiger charge is 2.51. The zero-order valence-electron chi connectivity index (χ0n) is 23.2. The van der Waals surface area contributed by atoms with E-state index in [1.54, 1.807) is 7.11 Å². The Kier molecular flexibility index (Phi) is 7.51. The van der Waals surface area contributed by atoms with Crippen molar-refractivity contribution >= 4 is 21.6 Å². The normalized spacial score (nSPS) is 26.8. The number of carbonyl (C=O) groups excluding carboxylic acids is 1. The van der Waals surface area contributed by atoms with Gasteiger partial charge in [0.25, 0.3) is 0 Å². The number of rotatable bonds is 10. The van der Waals surface area contributed by atoms with Crippen molar-refractivity contribution in [2.24, 2.45) is 23.7 Å². The molecule has 2 aromatic rings. The van der Waals surface area contributed by atoms with Crippen molar-refractivity contribution in [2.75, 3.05) is 24.2 Å². The third kappa shape index (κ3) is 5.73. The maximum Gasteiger partial charge on any atom is 0.241 e. The van der Waals surface area contributed by atoms with Gasteiger partial charge >= 0.3 is 0 Å². The highest BCUT2D eigenvalue weighted by molar-refractivity contribution is 7.92. The van der Waals surface area contributed by atoms with Crippen LogP contribution in [0.2, 0.25) is 0 Å². The summed E-state index contributed by atoms with van der Waals surface area (Å²) >= 11 is 0. The van der Waals surface area contributed by atoms with Crippen molar-refractivity contribution in [3.63, 3.8) is 0 Å². The van der Waals surface area contributed by atoms with Crippen LogP contribution < -0.4 is 14.4 Å². The molecule has 4 aliphatic carbocycles. The Morgan fingerprint density at radius 2 is 1.53 bits per heavy atom. The van der Waals surface area contributed by atoms with Crippen LogP contribution in [0.4, 0.5) is 5.69 Å². The average Bonchev–Trinajstić information content (AvgIpc) is 2.85. The molecule has 206 valence electrons. The molecule has 6 rings (SSSR count). The predicted octanol–water partition coefficient (Wildman–Crippen LogP) is 5.83. The van der Waals surface area contributed by atoms with Crippen LogP contribution >= 0.6 is 0 Å². The fourth-order valence-corrected chi connectivity index (χ4v) is 8.66. The molecule has 4 saturated carbocycles. The second-order valence-electron chi connectivity index (χ2n) is 12.5. The van der Waals surface area contributed by atoms with E-state index >= 15 is 0 Å². The Balaban J connectivity index is 1.32. The topological polar surface area (TPSA) is 75.7 Å². The Morgan fingerprint density at radius 1 is 0.974 bits per heavy atom. The van der Waals surface area contributed by atoms with Crippen molar-refractivity contribution in [1.82, 2.24) is 5.32 Å². The quantitative estimate of drug-likeness (QED) is 0.413. The van der Waals surface area contributed by atoms with E-state index in [4.69, 9.17) is 4.74 Å². The van der Waals surface area contributed by atoms with Gasteiger partial charge in [-0.25, -0.2) is 8.42 Å². The standard InChI is InChI=1S/C31H42N2O4S/c1-21(2)13-29(25-5-11-28(37-3)12-6-25)32-30(34)20-33(38(4,35)36)27-9-7-26(8-10-27)31-17-22-14-23(18-31)16-24(15-22)19-31/h5-12,21-24,29H,13-20H2,1-4H3,(H,32,34)/t22?,23?,24?,29-,31?/m0/s1. The van der Waals surface area contributed by atoms with Gasteiger partial charge in [-0.3, -0.25) is 9.10 Å². The van der Waals surface area contributed by atoms with Gasteiger partial charge in [0.2, 0.25) is 15.9 Å². The smallest absolute Gasteiger partial charge is 0.241 e. The zero-order chi connectivity index (χ0) is 27.1. The number of hydrogen-bond acceptors (Lipinski definition) is 4. The van der Waals surface area contributed by atoms with Crippen LogP contribution in [-0.2, 0) is 20.2 Å². The minimum Gasteiger partial charge on any atom is -0.497 e. The molecule has 1 amide bonds. The Labute approximate surface area is 228 Å². The Bertz CT molecular complexity index is 1200. The van der Waals surface area contributed by atoms with Gasteiger partial charge in [-0.2, -0.15) is 0 Å². The molecule has 0 aromatic heterocycles. The number of anilines is 1. The highest BCUT2D eigenvalue weighted by Crippen LogP contribution is 2.60. The zero-order valence-corrected chi connectivity index (χ0v) is 24.0. The number of sulfonamides is 1. The lowest BCUT2D eigenvalue weighted by atomic mass is 9.48. The maximum atomic E-state index is 13.2. The van der Waals surface area contributed by atoms with Crippen LogP contribution in [0.1, 0.15) is 76.0 Å². The summed E-state index contributed by atoms with van der Waals surface area (Å²) in [7, 11) is -2.02. The number of methoxy groups -OCH3 is 1. The molecule has 1 N–H and O–H groups in total. The molecule has 0 spiro atoms. The van der Waals surface area contributed by atoms with Crippen molar-refractivity contribution in [3.8, 4) is 5.75 Å². The molecule has 7 heteroatoms. The van der Waals surface area contributed by atoms with Gasteiger partial charge in [0.1, 0.15) is 12.3 Å². The molecule has 0 saturated heterocycles. The second-order valence-corrected chi connectivity index (χ2v) is 14.4. The van der Waals surface area contributed by atoms with Crippen LogP contribution in [0.5, 0.6) is 5.75 Å². The van der Waals surface area contributed by atoms with Crippen LogP contribution in [0.25, 0.3) is 0 Å². The van der Waals surface area contributed by atoms with Crippen molar-refractivity contribution in [3.05, 3.63) is 59.7 Å². The first-order valence-electron chi connectivity index (χ1n) is 14.1. The summed E-state index contributed by atoms with van der Waals surface area (Å²) in [5, 5.41) is 3.09.